The van der Waals surface area contributed by atoms with Crippen LogP contribution in [0.4, 0.5) is 17.3 Å². The third kappa shape index (κ3) is 3.67. The van der Waals surface area contributed by atoms with E-state index >= 15 is 0 Å². The van der Waals surface area contributed by atoms with Gasteiger partial charge in [0.15, 0.2) is 0 Å². The molecule has 112 valence electrons. The average molecular weight is 289 g/mol. The van der Waals surface area contributed by atoms with E-state index in [9.17, 15) is 17.3 Å². The molecule has 2 unspecified atom stereocenters. The average Bonchev–Trinajstić information content (AvgIpc) is 2.28. The van der Waals surface area contributed by atoms with Crippen molar-refractivity contribution < 1.29 is 22.1 Å². The highest BCUT2D eigenvalue weighted by Crippen LogP contribution is 2.31. The lowest BCUT2D eigenvalue weighted by Gasteiger charge is -2.33. The molecule has 0 aromatic heterocycles. The van der Waals surface area contributed by atoms with Gasteiger partial charge in [-0.15, -0.1) is 0 Å². The lowest BCUT2D eigenvalue weighted by atomic mass is 9.78. The minimum atomic E-state index is -5.28. The van der Waals surface area contributed by atoms with Gasteiger partial charge in [0, 0.05) is 0 Å². The molecule has 1 fully saturated rings. The summed E-state index contributed by atoms with van der Waals surface area (Å²) < 4.78 is 57.4. The molecule has 1 aromatic rings. The lowest BCUT2D eigenvalue weighted by Crippen LogP contribution is -2.38. The molecule has 0 aliphatic heterocycles. The van der Waals surface area contributed by atoms with Crippen LogP contribution in [0.5, 0.6) is 5.75 Å². The highest BCUT2D eigenvalue weighted by atomic mass is 19.4. The Morgan fingerprint density at radius 2 is 1.65 bits per heavy atom. The molecule has 2 atom stereocenters. The zero-order chi connectivity index (χ0) is 14.9. The van der Waals surface area contributed by atoms with E-state index in [2.05, 4.69) is 13.8 Å². The Morgan fingerprint density at radius 3 is 2.20 bits per heavy atom. The van der Waals surface area contributed by atoms with Gasteiger partial charge in [0.25, 0.3) is 0 Å². The van der Waals surface area contributed by atoms with Crippen molar-refractivity contribution in [3.05, 3.63) is 24.0 Å². The molecule has 1 nitrogen and oxygen atoms in total. The smallest absolute Gasteiger partial charge is 0.493 e. The predicted octanol–water partition coefficient (Wildman–Crippen LogP) is 4.08. The Morgan fingerprint density at radius 1 is 1.05 bits per heavy atom. The standard InChI is InChI=1S/C14H18BF4O/c1-9-5-10(2)7-12(6-9)20-14-4-3-11(16)8-13(14)15(17,18)19/h3-4,8-10,12H,5-7H2,1-2H3/q-1. The number of rotatable bonds is 3. The Balaban J connectivity index is 2.21. The Bertz CT molecular complexity index is 465. The van der Waals surface area contributed by atoms with Crippen LogP contribution in [0.3, 0.4) is 0 Å². The Kier molecular flexibility index (Phi) is 4.30. The molecule has 0 spiro atoms. The first-order chi connectivity index (χ1) is 9.25. The summed E-state index contributed by atoms with van der Waals surface area (Å²) in [5, 5.41) is 0. The molecule has 0 N–H and O–H groups in total. The minimum absolute atomic E-state index is 0.226. The first-order valence-electron chi connectivity index (χ1n) is 6.91. The van der Waals surface area contributed by atoms with Gasteiger partial charge >= 0.3 is 6.98 Å². The van der Waals surface area contributed by atoms with Crippen molar-refractivity contribution in [2.45, 2.75) is 39.2 Å². The predicted molar refractivity (Wildman–Crippen MR) is 71.7 cm³/mol. The van der Waals surface area contributed by atoms with Gasteiger partial charge < -0.3 is 17.7 Å². The topological polar surface area (TPSA) is 9.23 Å². The molecule has 1 aliphatic rings. The summed E-state index contributed by atoms with van der Waals surface area (Å²) in [6.07, 6.45) is 2.33. The molecule has 6 heteroatoms. The van der Waals surface area contributed by atoms with E-state index < -0.39 is 18.3 Å². The Hall–Kier alpha value is -1.20. The van der Waals surface area contributed by atoms with Gasteiger partial charge in [0.2, 0.25) is 0 Å². The van der Waals surface area contributed by atoms with Crippen LogP contribution >= 0.6 is 0 Å². The molecule has 0 bridgehead atoms. The molecule has 1 saturated carbocycles. The highest BCUT2D eigenvalue weighted by molar-refractivity contribution is 6.74. The van der Waals surface area contributed by atoms with Gasteiger partial charge in [-0.3, -0.25) is 0 Å². The van der Waals surface area contributed by atoms with E-state index in [1.807, 2.05) is 0 Å². The van der Waals surface area contributed by atoms with Crippen LogP contribution in [-0.2, 0) is 0 Å². The molecular weight excluding hydrogens is 271 g/mol. The second kappa shape index (κ2) is 5.66. The fourth-order valence-corrected chi connectivity index (χ4v) is 3.03. The quantitative estimate of drug-likeness (QED) is 0.601. The Labute approximate surface area is 116 Å². The SMILES string of the molecule is CC1CC(C)CC(Oc2ccc(F)cc2[B-](F)(F)F)C1. The summed E-state index contributed by atoms with van der Waals surface area (Å²) in [6.45, 7) is -1.13. The van der Waals surface area contributed by atoms with Gasteiger partial charge in [-0.1, -0.05) is 19.3 Å². The third-order valence-electron chi connectivity index (χ3n) is 3.75. The second-order valence-electron chi connectivity index (χ2n) is 5.91. The van der Waals surface area contributed by atoms with Gasteiger partial charge in [0.05, 0.1) is 11.9 Å². The largest absolute Gasteiger partial charge is 0.513 e. The number of hydrogen-bond acceptors (Lipinski definition) is 1. The number of hydrogen-bond donors (Lipinski definition) is 0. The van der Waals surface area contributed by atoms with Crippen molar-refractivity contribution in [1.29, 1.82) is 0 Å². The van der Waals surface area contributed by atoms with E-state index in [0.717, 1.165) is 31.4 Å². The summed E-state index contributed by atoms with van der Waals surface area (Å²) in [5.74, 6) is -0.268. The van der Waals surface area contributed by atoms with Gasteiger partial charge in [-0.05, 0) is 49.3 Å². The molecule has 0 amide bonds. The molecule has 0 radical (unpaired) electrons. The molecule has 1 aromatic carbocycles. The molecule has 2 rings (SSSR count). The van der Waals surface area contributed by atoms with Crippen molar-refractivity contribution in [3.63, 3.8) is 0 Å². The normalized spacial score (nSPS) is 27.4. The van der Waals surface area contributed by atoms with E-state index in [4.69, 9.17) is 4.74 Å². The molecule has 0 heterocycles. The van der Waals surface area contributed by atoms with Crippen LogP contribution in [0, 0.1) is 17.7 Å². The van der Waals surface area contributed by atoms with E-state index in [0.29, 0.717) is 17.9 Å². The van der Waals surface area contributed by atoms with Crippen LogP contribution in [0.15, 0.2) is 18.2 Å². The summed E-state index contributed by atoms with van der Waals surface area (Å²) >= 11 is 0. The zero-order valence-corrected chi connectivity index (χ0v) is 11.6. The van der Waals surface area contributed by atoms with Crippen molar-refractivity contribution >= 4 is 12.4 Å². The summed E-state index contributed by atoms with van der Waals surface area (Å²) in [6, 6.07) is 2.62. The van der Waals surface area contributed by atoms with Crippen LogP contribution in [0.25, 0.3) is 0 Å². The van der Waals surface area contributed by atoms with Crippen molar-refractivity contribution in [2.75, 3.05) is 0 Å². The summed E-state index contributed by atoms with van der Waals surface area (Å²) in [5.41, 5.74) is -0.976. The van der Waals surface area contributed by atoms with E-state index in [1.54, 1.807) is 0 Å². The van der Waals surface area contributed by atoms with Gasteiger partial charge in [-0.2, -0.15) is 0 Å². The van der Waals surface area contributed by atoms with Gasteiger partial charge in [0.1, 0.15) is 5.82 Å². The van der Waals surface area contributed by atoms with E-state index in [1.165, 1.54) is 0 Å². The number of halogens is 4. The zero-order valence-electron chi connectivity index (χ0n) is 11.6. The third-order valence-corrected chi connectivity index (χ3v) is 3.75. The lowest BCUT2D eigenvalue weighted by molar-refractivity contribution is 0.102. The van der Waals surface area contributed by atoms with Crippen LogP contribution in [0.2, 0.25) is 0 Å². The molecule has 1 aliphatic carbocycles. The monoisotopic (exact) mass is 289 g/mol. The van der Waals surface area contributed by atoms with Crippen molar-refractivity contribution in [3.8, 4) is 5.75 Å². The second-order valence-corrected chi connectivity index (χ2v) is 5.91. The number of ether oxygens (including phenoxy) is 1. The molecule has 20 heavy (non-hydrogen) atoms. The number of benzene rings is 1. The van der Waals surface area contributed by atoms with Crippen LogP contribution < -0.4 is 10.2 Å². The fourth-order valence-electron chi connectivity index (χ4n) is 3.03. The summed E-state index contributed by atoms with van der Waals surface area (Å²) in [4.78, 5) is 0. The van der Waals surface area contributed by atoms with Crippen molar-refractivity contribution in [2.24, 2.45) is 11.8 Å². The highest BCUT2D eigenvalue weighted by Gasteiger charge is 2.32. The van der Waals surface area contributed by atoms with Crippen LogP contribution in [0.1, 0.15) is 33.1 Å². The fraction of sp³-hybridized carbons (Fsp3) is 0.571. The first kappa shape index (κ1) is 15.2. The first-order valence-corrected chi connectivity index (χ1v) is 6.91. The minimum Gasteiger partial charge on any atom is -0.493 e. The van der Waals surface area contributed by atoms with E-state index in [-0.39, 0.29) is 11.9 Å². The summed E-state index contributed by atoms with van der Waals surface area (Å²) in [7, 11) is 0. The van der Waals surface area contributed by atoms with Crippen molar-refractivity contribution in [1.82, 2.24) is 0 Å². The molecular formula is C14H18BF4O-. The van der Waals surface area contributed by atoms with Crippen LogP contribution in [-0.4, -0.2) is 13.1 Å². The maximum Gasteiger partial charge on any atom is 0.513 e. The maximum atomic E-state index is 13.0. The maximum absolute atomic E-state index is 13.0. The van der Waals surface area contributed by atoms with Gasteiger partial charge in [-0.25, -0.2) is 4.39 Å². The molecule has 0 saturated heterocycles.